The van der Waals surface area contributed by atoms with E-state index in [1.807, 2.05) is 0 Å². The van der Waals surface area contributed by atoms with E-state index in [9.17, 15) is 9.59 Å². The standard InChI is InChI=1S/C11H13NO4/c1-8(13)9-4-6-10(7-5-9)16-11(14)12(2)15-3/h4-7H,1-3H3. The van der Waals surface area contributed by atoms with E-state index >= 15 is 0 Å². The van der Waals surface area contributed by atoms with Crippen molar-refractivity contribution in [3.05, 3.63) is 29.8 Å². The molecule has 0 aliphatic rings. The second-order valence-electron chi connectivity index (χ2n) is 3.13. The lowest BCUT2D eigenvalue weighted by molar-refractivity contribution is -0.0790. The molecule has 0 radical (unpaired) electrons. The molecule has 0 fully saturated rings. The number of hydrogen-bond donors (Lipinski definition) is 0. The number of hydrogen-bond acceptors (Lipinski definition) is 4. The molecule has 1 rings (SSSR count). The third kappa shape index (κ3) is 3.06. The Hall–Kier alpha value is -1.88. The van der Waals surface area contributed by atoms with Crippen LogP contribution in [0.25, 0.3) is 0 Å². The SMILES string of the molecule is CON(C)C(=O)Oc1ccc(C(C)=O)cc1. The molecule has 0 spiro atoms. The zero-order valence-electron chi connectivity index (χ0n) is 9.39. The van der Waals surface area contributed by atoms with Gasteiger partial charge in [0.25, 0.3) is 0 Å². The number of rotatable bonds is 3. The Morgan fingerprint density at radius 3 is 2.19 bits per heavy atom. The van der Waals surface area contributed by atoms with Crippen LogP contribution in [0.3, 0.4) is 0 Å². The number of ketones is 1. The van der Waals surface area contributed by atoms with Gasteiger partial charge in [-0.1, -0.05) is 0 Å². The Labute approximate surface area is 93.5 Å². The van der Waals surface area contributed by atoms with E-state index in [-0.39, 0.29) is 5.78 Å². The lowest BCUT2D eigenvalue weighted by Gasteiger charge is -2.13. The topological polar surface area (TPSA) is 55.8 Å². The first kappa shape index (κ1) is 12.2. The van der Waals surface area contributed by atoms with Crippen LogP contribution < -0.4 is 4.74 Å². The van der Waals surface area contributed by atoms with Gasteiger partial charge in [0.1, 0.15) is 5.75 Å². The van der Waals surface area contributed by atoms with Crippen molar-refractivity contribution in [3.8, 4) is 5.75 Å². The average molecular weight is 223 g/mol. The molecule has 0 saturated heterocycles. The lowest BCUT2D eigenvalue weighted by Crippen LogP contribution is -2.28. The van der Waals surface area contributed by atoms with Crippen molar-refractivity contribution in [2.75, 3.05) is 14.2 Å². The molecule has 5 nitrogen and oxygen atoms in total. The Balaban J connectivity index is 2.69. The summed E-state index contributed by atoms with van der Waals surface area (Å²) in [6, 6.07) is 6.30. The van der Waals surface area contributed by atoms with Crippen LogP contribution in [0, 0.1) is 0 Å². The summed E-state index contributed by atoms with van der Waals surface area (Å²) < 4.78 is 4.95. The van der Waals surface area contributed by atoms with Crippen LogP contribution in [0.1, 0.15) is 17.3 Å². The summed E-state index contributed by atoms with van der Waals surface area (Å²) in [4.78, 5) is 26.9. The van der Waals surface area contributed by atoms with E-state index in [0.717, 1.165) is 5.06 Å². The lowest BCUT2D eigenvalue weighted by atomic mass is 10.1. The van der Waals surface area contributed by atoms with Crippen LogP contribution >= 0.6 is 0 Å². The first-order valence-corrected chi connectivity index (χ1v) is 4.65. The second-order valence-corrected chi connectivity index (χ2v) is 3.13. The molecular formula is C11H13NO4. The number of carbonyl (C=O) groups excluding carboxylic acids is 2. The summed E-state index contributed by atoms with van der Waals surface area (Å²) in [7, 11) is 2.80. The summed E-state index contributed by atoms with van der Waals surface area (Å²) >= 11 is 0. The van der Waals surface area contributed by atoms with Crippen molar-refractivity contribution in [3.63, 3.8) is 0 Å². The Bertz CT molecular complexity index is 385. The van der Waals surface area contributed by atoms with Gasteiger partial charge in [0.05, 0.1) is 7.11 Å². The minimum atomic E-state index is -0.627. The molecule has 0 bridgehead atoms. The van der Waals surface area contributed by atoms with Crippen molar-refractivity contribution < 1.29 is 19.2 Å². The molecule has 0 saturated carbocycles. The minimum Gasteiger partial charge on any atom is -0.409 e. The molecule has 0 atom stereocenters. The Morgan fingerprint density at radius 2 is 1.75 bits per heavy atom. The maximum Gasteiger partial charge on any atom is 0.439 e. The van der Waals surface area contributed by atoms with Crippen LogP contribution in [0.5, 0.6) is 5.75 Å². The minimum absolute atomic E-state index is 0.0353. The van der Waals surface area contributed by atoms with E-state index in [4.69, 9.17) is 4.74 Å². The summed E-state index contributed by atoms with van der Waals surface area (Å²) in [5.74, 6) is 0.325. The van der Waals surface area contributed by atoms with Crippen molar-refractivity contribution >= 4 is 11.9 Å². The number of benzene rings is 1. The van der Waals surface area contributed by atoms with Gasteiger partial charge in [0.2, 0.25) is 0 Å². The van der Waals surface area contributed by atoms with Gasteiger partial charge in [0.15, 0.2) is 5.78 Å². The normalized spacial score (nSPS) is 9.69. The Kier molecular flexibility index (Phi) is 4.02. The average Bonchev–Trinajstić information content (AvgIpc) is 2.28. The molecule has 5 heteroatoms. The number of hydroxylamine groups is 2. The predicted molar refractivity (Wildman–Crippen MR) is 57.2 cm³/mol. The van der Waals surface area contributed by atoms with Crippen LogP contribution in [-0.4, -0.2) is 31.1 Å². The molecule has 86 valence electrons. The highest BCUT2D eigenvalue weighted by Gasteiger charge is 2.10. The number of ether oxygens (including phenoxy) is 1. The third-order valence-corrected chi connectivity index (χ3v) is 2.00. The van der Waals surface area contributed by atoms with E-state index < -0.39 is 6.09 Å². The summed E-state index contributed by atoms with van der Waals surface area (Å²) in [5.41, 5.74) is 0.569. The molecule has 0 unspecified atom stereocenters. The van der Waals surface area contributed by atoms with Crippen molar-refractivity contribution in [2.45, 2.75) is 6.92 Å². The molecule has 1 amide bonds. The number of Topliss-reactive ketones (excluding diaryl/α,β-unsaturated/α-hetero) is 1. The molecule has 16 heavy (non-hydrogen) atoms. The molecule has 0 N–H and O–H groups in total. The van der Waals surface area contributed by atoms with E-state index in [2.05, 4.69) is 4.84 Å². The maximum absolute atomic E-state index is 11.3. The summed E-state index contributed by atoms with van der Waals surface area (Å²) in [6.45, 7) is 1.47. The van der Waals surface area contributed by atoms with E-state index in [1.165, 1.54) is 21.1 Å². The number of amides is 1. The molecular weight excluding hydrogens is 210 g/mol. The van der Waals surface area contributed by atoms with Gasteiger partial charge in [0, 0.05) is 12.6 Å². The fourth-order valence-corrected chi connectivity index (χ4v) is 0.997. The highest BCUT2D eigenvalue weighted by atomic mass is 16.7. The first-order chi connectivity index (χ1) is 7.54. The smallest absolute Gasteiger partial charge is 0.409 e. The quantitative estimate of drug-likeness (QED) is 0.580. The molecule has 1 aromatic rings. The van der Waals surface area contributed by atoms with Gasteiger partial charge < -0.3 is 4.74 Å². The number of carbonyl (C=O) groups is 2. The molecule has 0 heterocycles. The fraction of sp³-hybridized carbons (Fsp3) is 0.273. The van der Waals surface area contributed by atoms with Crippen molar-refractivity contribution in [2.24, 2.45) is 0 Å². The van der Waals surface area contributed by atoms with Gasteiger partial charge in [-0.2, -0.15) is 5.06 Å². The third-order valence-electron chi connectivity index (χ3n) is 2.00. The van der Waals surface area contributed by atoms with E-state index in [0.29, 0.717) is 11.3 Å². The molecule has 1 aromatic carbocycles. The Morgan fingerprint density at radius 1 is 1.19 bits per heavy atom. The second kappa shape index (κ2) is 5.27. The van der Waals surface area contributed by atoms with Gasteiger partial charge >= 0.3 is 6.09 Å². The zero-order chi connectivity index (χ0) is 12.1. The molecule has 0 aliphatic heterocycles. The van der Waals surface area contributed by atoms with Gasteiger partial charge in [-0.3, -0.25) is 9.63 Å². The van der Waals surface area contributed by atoms with Gasteiger partial charge in [-0.25, -0.2) is 4.79 Å². The highest BCUT2D eigenvalue weighted by molar-refractivity contribution is 5.94. The van der Waals surface area contributed by atoms with Crippen LogP contribution in [0.2, 0.25) is 0 Å². The maximum atomic E-state index is 11.3. The highest BCUT2D eigenvalue weighted by Crippen LogP contribution is 2.13. The van der Waals surface area contributed by atoms with Gasteiger partial charge in [-0.15, -0.1) is 0 Å². The van der Waals surface area contributed by atoms with Crippen molar-refractivity contribution in [1.29, 1.82) is 0 Å². The van der Waals surface area contributed by atoms with Crippen LogP contribution in [0.4, 0.5) is 4.79 Å². The first-order valence-electron chi connectivity index (χ1n) is 4.65. The molecule has 0 aromatic heterocycles. The summed E-state index contributed by atoms with van der Waals surface area (Å²) in [6.07, 6.45) is -0.627. The van der Waals surface area contributed by atoms with Gasteiger partial charge in [-0.05, 0) is 31.2 Å². The van der Waals surface area contributed by atoms with Crippen molar-refractivity contribution in [1.82, 2.24) is 5.06 Å². The molecule has 0 aliphatic carbocycles. The van der Waals surface area contributed by atoms with Crippen LogP contribution in [0.15, 0.2) is 24.3 Å². The number of nitrogens with zero attached hydrogens (tertiary/aromatic N) is 1. The van der Waals surface area contributed by atoms with E-state index in [1.54, 1.807) is 24.3 Å². The predicted octanol–water partition coefficient (Wildman–Crippen LogP) is 1.88. The summed E-state index contributed by atoms with van der Waals surface area (Å²) in [5, 5.41) is 0.957. The zero-order valence-corrected chi connectivity index (χ0v) is 9.39. The largest absolute Gasteiger partial charge is 0.439 e. The fourth-order valence-electron chi connectivity index (χ4n) is 0.997. The van der Waals surface area contributed by atoms with Crippen LogP contribution in [-0.2, 0) is 4.84 Å². The monoisotopic (exact) mass is 223 g/mol.